The van der Waals surface area contributed by atoms with Crippen LogP contribution in [0.5, 0.6) is 0 Å². The van der Waals surface area contributed by atoms with Crippen LogP contribution < -0.4 is 0 Å². The van der Waals surface area contributed by atoms with Gasteiger partial charge >= 0.3 is 0 Å². The maximum absolute atomic E-state index is 12.1. The molecule has 21 heavy (non-hydrogen) atoms. The van der Waals surface area contributed by atoms with Gasteiger partial charge in [-0.1, -0.05) is 16.5 Å². The van der Waals surface area contributed by atoms with E-state index in [1.54, 1.807) is 24.3 Å². The predicted octanol–water partition coefficient (Wildman–Crippen LogP) is 2.75. The third-order valence-electron chi connectivity index (χ3n) is 3.21. The topological polar surface area (TPSA) is 69.6 Å². The van der Waals surface area contributed by atoms with Gasteiger partial charge in [0.25, 0.3) is 0 Å². The highest BCUT2D eigenvalue weighted by atomic mass is 32.2. The molecule has 1 aromatic carbocycles. The van der Waals surface area contributed by atoms with Crippen molar-refractivity contribution in [1.29, 1.82) is 0 Å². The van der Waals surface area contributed by atoms with Crippen LogP contribution in [0.4, 0.5) is 0 Å². The van der Waals surface area contributed by atoms with Crippen LogP contribution in [0, 0.1) is 5.92 Å². The Hall–Kier alpha value is -0.850. The summed E-state index contributed by atoms with van der Waals surface area (Å²) in [6.07, 6.45) is 3.56. The minimum absolute atomic E-state index is 0.245. The van der Waals surface area contributed by atoms with E-state index in [-0.39, 0.29) is 5.75 Å². The van der Waals surface area contributed by atoms with Crippen LogP contribution in [0.1, 0.15) is 39.2 Å². The van der Waals surface area contributed by atoms with Crippen molar-refractivity contribution >= 4 is 27.4 Å². The van der Waals surface area contributed by atoms with Crippen LogP contribution >= 0.6 is 0 Å². The Morgan fingerprint density at radius 1 is 1.29 bits per heavy atom. The van der Waals surface area contributed by atoms with E-state index in [1.807, 2.05) is 20.8 Å². The summed E-state index contributed by atoms with van der Waals surface area (Å²) in [5.41, 5.74) is 0.748. The lowest BCUT2D eigenvalue weighted by Crippen LogP contribution is -2.25. The molecule has 0 saturated heterocycles. The van der Waals surface area contributed by atoms with E-state index in [9.17, 15) is 13.0 Å². The van der Waals surface area contributed by atoms with Crippen molar-refractivity contribution in [2.24, 2.45) is 10.3 Å². The molecule has 1 atom stereocenters. The third-order valence-corrected chi connectivity index (χ3v) is 6.46. The Balaban J connectivity index is 2.07. The molecule has 0 radical (unpaired) electrons. The molecule has 1 aliphatic carbocycles. The molecular formula is C15H21NO3S2. The summed E-state index contributed by atoms with van der Waals surface area (Å²) >= 11 is -1.31. The van der Waals surface area contributed by atoms with E-state index in [4.69, 9.17) is 0 Å². The number of rotatable bonds is 5. The first-order valence-electron chi connectivity index (χ1n) is 6.97. The molecule has 1 aliphatic rings. The van der Waals surface area contributed by atoms with Gasteiger partial charge in [-0.3, -0.25) is 0 Å². The molecule has 0 aromatic heterocycles. The predicted molar refractivity (Wildman–Crippen MR) is 86.7 cm³/mol. The van der Waals surface area contributed by atoms with Gasteiger partial charge in [-0.25, -0.2) is 8.42 Å². The SMILES string of the molecule is CC(C)(C)[S+]([O-])/N=C/c1ccc(S(=O)(=O)CC2CC2)cc1. The molecule has 2 rings (SSSR count). The monoisotopic (exact) mass is 327 g/mol. The Kier molecular flexibility index (Phi) is 4.80. The quantitative estimate of drug-likeness (QED) is 0.617. The highest BCUT2D eigenvalue weighted by Crippen LogP contribution is 2.32. The summed E-state index contributed by atoms with van der Waals surface area (Å²) in [7, 11) is -3.17. The van der Waals surface area contributed by atoms with Crippen molar-refractivity contribution in [3.63, 3.8) is 0 Å². The lowest BCUT2D eigenvalue weighted by atomic mass is 10.2. The van der Waals surface area contributed by atoms with Gasteiger partial charge in [-0.15, -0.1) is 0 Å². The van der Waals surface area contributed by atoms with Crippen molar-refractivity contribution < 1.29 is 13.0 Å². The van der Waals surface area contributed by atoms with Gasteiger partial charge in [0.15, 0.2) is 9.84 Å². The number of hydrogen-bond donors (Lipinski definition) is 0. The smallest absolute Gasteiger partial charge is 0.178 e. The second-order valence-electron chi connectivity index (χ2n) is 6.39. The van der Waals surface area contributed by atoms with Crippen molar-refractivity contribution in [3.05, 3.63) is 29.8 Å². The molecule has 0 aliphatic heterocycles. The molecule has 0 heterocycles. The second kappa shape index (κ2) is 6.10. The van der Waals surface area contributed by atoms with Crippen LogP contribution in [0.2, 0.25) is 0 Å². The van der Waals surface area contributed by atoms with Crippen LogP contribution in [0.3, 0.4) is 0 Å². The average Bonchev–Trinajstić information content (AvgIpc) is 3.18. The molecule has 0 bridgehead atoms. The Morgan fingerprint density at radius 2 is 1.86 bits per heavy atom. The maximum atomic E-state index is 12.1. The average molecular weight is 327 g/mol. The van der Waals surface area contributed by atoms with Crippen LogP contribution in [0.25, 0.3) is 0 Å². The summed E-state index contributed by atoms with van der Waals surface area (Å²) in [4.78, 5) is 0.350. The number of nitrogens with zero attached hydrogens (tertiary/aromatic N) is 1. The van der Waals surface area contributed by atoms with Crippen molar-refractivity contribution in [2.75, 3.05) is 5.75 Å². The Morgan fingerprint density at radius 3 is 2.33 bits per heavy atom. The summed E-state index contributed by atoms with van der Waals surface area (Å²) in [5, 5.41) is 0. The second-order valence-corrected chi connectivity index (χ2v) is 10.4. The molecule has 4 nitrogen and oxygen atoms in total. The van der Waals surface area contributed by atoms with Crippen molar-refractivity contribution in [1.82, 2.24) is 0 Å². The maximum Gasteiger partial charge on any atom is 0.178 e. The van der Waals surface area contributed by atoms with Crippen LogP contribution in [-0.4, -0.2) is 29.7 Å². The number of benzene rings is 1. The zero-order chi connectivity index (χ0) is 15.7. The van der Waals surface area contributed by atoms with E-state index in [2.05, 4.69) is 4.40 Å². The van der Waals surface area contributed by atoms with Gasteiger partial charge in [0, 0.05) is 0 Å². The van der Waals surface area contributed by atoms with Gasteiger partial charge in [0.05, 0.1) is 16.9 Å². The largest absolute Gasteiger partial charge is 0.591 e. The van der Waals surface area contributed by atoms with Crippen molar-refractivity contribution in [3.8, 4) is 0 Å². The molecule has 1 unspecified atom stereocenters. The van der Waals surface area contributed by atoms with E-state index >= 15 is 0 Å². The fraction of sp³-hybridized carbons (Fsp3) is 0.533. The molecule has 1 aromatic rings. The first-order valence-corrected chi connectivity index (χ1v) is 9.73. The third kappa shape index (κ3) is 4.83. The standard InChI is InChI=1S/C15H21NO3S2/c1-15(2,3)20(17)16-10-12-6-8-14(9-7-12)21(18,19)11-13-4-5-13/h6-10,13H,4-5,11H2,1-3H3/b16-10+. The minimum Gasteiger partial charge on any atom is -0.591 e. The summed E-state index contributed by atoms with van der Waals surface area (Å²) in [6, 6.07) is 6.59. The molecule has 0 N–H and O–H groups in total. The molecule has 116 valence electrons. The van der Waals surface area contributed by atoms with E-state index < -0.39 is 25.9 Å². The molecule has 1 saturated carbocycles. The molecule has 0 spiro atoms. The van der Waals surface area contributed by atoms with Crippen LogP contribution in [-0.2, 0) is 21.2 Å². The lowest BCUT2D eigenvalue weighted by Gasteiger charge is -2.17. The van der Waals surface area contributed by atoms with Crippen LogP contribution in [0.15, 0.2) is 33.6 Å². The van der Waals surface area contributed by atoms with Crippen molar-refractivity contribution in [2.45, 2.75) is 43.3 Å². The summed E-state index contributed by atoms with van der Waals surface area (Å²) < 4.78 is 39.6. The molecule has 1 fully saturated rings. The van der Waals surface area contributed by atoms with E-state index in [1.165, 1.54) is 6.21 Å². The zero-order valence-corrected chi connectivity index (χ0v) is 14.2. The van der Waals surface area contributed by atoms with Gasteiger partial charge in [-0.2, -0.15) is 0 Å². The van der Waals surface area contributed by atoms with E-state index in [0.29, 0.717) is 10.8 Å². The fourth-order valence-corrected chi connectivity index (χ4v) is 3.95. The zero-order valence-electron chi connectivity index (χ0n) is 12.6. The minimum atomic E-state index is -3.17. The van der Waals surface area contributed by atoms with Gasteiger partial charge in [0.2, 0.25) is 0 Å². The number of sulfone groups is 1. The van der Waals surface area contributed by atoms with E-state index in [0.717, 1.165) is 18.4 Å². The molecule has 6 heteroatoms. The highest BCUT2D eigenvalue weighted by Gasteiger charge is 2.29. The highest BCUT2D eigenvalue weighted by molar-refractivity contribution is 7.91. The lowest BCUT2D eigenvalue weighted by molar-refractivity contribution is 0.562. The van der Waals surface area contributed by atoms with Gasteiger partial charge in [-0.05, 0) is 57.2 Å². The number of hydrogen-bond acceptors (Lipinski definition) is 4. The summed E-state index contributed by atoms with van der Waals surface area (Å²) in [6.45, 7) is 5.57. The molecular weight excluding hydrogens is 306 g/mol. The fourth-order valence-electron chi connectivity index (χ4n) is 1.72. The Bertz CT molecular complexity index is 611. The van der Waals surface area contributed by atoms with Gasteiger partial charge in [0.1, 0.15) is 16.1 Å². The first-order chi connectivity index (χ1) is 9.68. The normalized spacial score (nSPS) is 18.1. The first kappa shape index (κ1) is 16.5. The summed E-state index contributed by atoms with van der Waals surface area (Å²) in [5.74, 6) is 0.583. The molecule has 0 amide bonds. The Labute approximate surface area is 129 Å². The van der Waals surface area contributed by atoms with Gasteiger partial charge < -0.3 is 4.55 Å².